The molecule has 0 aromatic carbocycles. The van der Waals surface area contributed by atoms with Crippen molar-refractivity contribution in [1.29, 1.82) is 0 Å². The largest absolute Gasteiger partial charge is 0.453 e. The highest BCUT2D eigenvalue weighted by Gasteiger charge is 2.61. The average molecular weight is 376 g/mol. The van der Waals surface area contributed by atoms with Crippen LogP contribution >= 0.6 is 22.7 Å². The second-order valence-corrected chi connectivity index (χ2v) is 7.09. The molecule has 0 aliphatic heterocycles. The van der Waals surface area contributed by atoms with E-state index in [1.54, 1.807) is 12.1 Å². The van der Waals surface area contributed by atoms with E-state index in [1.807, 2.05) is 17.5 Å². The molecule has 9 heteroatoms. The summed E-state index contributed by atoms with van der Waals surface area (Å²) in [5.74, 6) is -9.49. The van der Waals surface area contributed by atoms with Crippen LogP contribution in [0.1, 0.15) is 17.7 Å². The van der Waals surface area contributed by atoms with Gasteiger partial charge in [-0.15, -0.1) is 22.7 Å². The molecule has 0 saturated heterocycles. The van der Waals surface area contributed by atoms with Gasteiger partial charge in [0.05, 0.1) is 6.42 Å². The molecule has 128 valence electrons. The molecule has 0 aliphatic carbocycles. The molecule has 2 aromatic rings. The van der Waals surface area contributed by atoms with Crippen LogP contribution < -0.4 is 0 Å². The van der Waals surface area contributed by atoms with E-state index in [-0.39, 0.29) is 6.42 Å². The quantitative estimate of drug-likeness (QED) is 0.496. The van der Waals surface area contributed by atoms with E-state index in [0.717, 1.165) is 9.75 Å². The molecule has 2 aromatic heterocycles. The third-order valence-electron chi connectivity index (χ3n) is 3.06. The average Bonchev–Trinajstić information content (AvgIpc) is 3.05. The lowest BCUT2D eigenvalue weighted by Gasteiger charge is -2.24. The molecule has 0 aliphatic rings. The van der Waals surface area contributed by atoms with Crippen LogP contribution in [-0.4, -0.2) is 18.0 Å². The Hall–Kier alpha value is -1.09. The lowest BCUT2D eigenvalue weighted by Crippen LogP contribution is -2.41. The third-order valence-corrected chi connectivity index (χ3v) is 5.27. The molecule has 0 unspecified atom stereocenters. The fourth-order valence-corrected chi connectivity index (χ4v) is 3.72. The summed E-state index contributed by atoms with van der Waals surface area (Å²) < 4.78 is 88.4. The van der Waals surface area contributed by atoms with Gasteiger partial charge in [0.25, 0.3) is 5.92 Å². The molecule has 0 atom stereocenters. The zero-order chi connectivity index (χ0) is 17.3. The molecule has 0 radical (unpaired) electrons. The van der Waals surface area contributed by atoms with Gasteiger partial charge < -0.3 is 0 Å². The Morgan fingerprint density at radius 1 is 0.870 bits per heavy atom. The zero-order valence-electron chi connectivity index (χ0n) is 11.5. The van der Waals surface area contributed by atoms with Crippen LogP contribution in [0.15, 0.2) is 29.6 Å². The predicted octanol–water partition coefficient (Wildman–Crippen LogP) is 6.63. The predicted molar refractivity (Wildman–Crippen MR) is 76.5 cm³/mol. The molecule has 0 fully saturated rings. The van der Waals surface area contributed by atoms with Crippen LogP contribution in [0.5, 0.6) is 0 Å². The highest BCUT2D eigenvalue weighted by molar-refractivity contribution is 7.21. The Morgan fingerprint density at radius 3 is 2.13 bits per heavy atom. The maximum Gasteiger partial charge on any atom is 0.453 e. The van der Waals surface area contributed by atoms with E-state index >= 15 is 0 Å². The van der Waals surface area contributed by atoms with Gasteiger partial charge in [-0.2, -0.15) is 22.0 Å². The Morgan fingerprint density at radius 2 is 1.57 bits per heavy atom. The third kappa shape index (κ3) is 4.69. The Labute approximate surface area is 135 Å². The lowest BCUT2D eigenvalue weighted by atomic mass is 10.0. The van der Waals surface area contributed by atoms with Gasteiger partial charge in [-0.1, -0.05) is 6.07 Å². The zero-order valence-corrected chi connectivity index (χ0v) is 13.1. The monoisotopic (exact) mass is 376 g/mol. The molecule has 0 saturated carbocycles. The molecule has 0 nitrogen and oxygen atoms in total. The van der Waals surface area contributed by atoms with Crippen LogP contribution in [0.4, 0.5) is 30.7 Å². The number of rotatable bonds is 6. The minimum absolute atomic E-state index is 0.253. The summed E-state index contributed by atoms with van der Waals surface area (Å²) in [5.41, 5.74) is 0. The molecule has 0 bridgehead atoms. The van der Waals surface area contributed by atoms with Crippen molar-refractivity contribution in [3.05, 3.63) is 34.5 Å². The standard InChI is InChI=1S/C14H11F7S2/c15-12(16,8-13(17,18)14(19,20)21)6-5-9-3-4-11(23-9)10-2-1-7-22-10/h1-4,7H,5-6,8H2. The van der Waals surface area contributed by atoms with E-state index in [0.29, 0.717) is 4.88 Å². The normalized spacial score (nSPS) is 13.5. The highest BCUT2D eigenvalue weighted by atomic mass is 32.1. The van der Waals surface area contributed by atoms with Crippen molar-refractivity contribution in [2.24, 2.45) is 0 Å². The summed E-state index contributed by atoms with van der Waals surface area (Å²) in [6, 6.07) is 6.97. The molecule has 23 heavy (non-hydrogen) atoms. The first kappa shape index (κ1) is 18.3. The Kier molecular flexibility index (Phi) is 5.10. The van der Waals surface area contributed by atoms with Crippen molar-refractivity contribution in [3.8, 4) is 9.75 Å². The summed E-state index contributed by atoms with van der Waals surface area (Å²) >= 11 is 2.68. The van der Waals surface area contributed by atoms with Crippen LogP contribution in [0.3, 0.4) is 0 Å². The van der Waals surface area contributed by atoms with E-state index in [9.17, 15) is 30.7 Å². The molecular weight excluding hydrogens is 365 g/mol. The maximum absolute atomic E-state index is 13.4. The number of aryl methyl sites for hydroxylation is 1. The first-order valence-electron chi connectivity index (χ1n) is 6.45. The first-order valence-corrected chi connectivity index (χ1v) is 8.15. The second kappa shape index (κ2) is 6.43. The molecule has 2 rings (SSSR count). The first-order chi connectivity index (χ1) is 10.5. The van der Waals surface area contributed by atoms with Gasteiger partial charge in [0.15, 0.2) is 0 Å². The van der Waals surface area contributed by atoms with E-state index in [2.05, 4.69) is 0 Å². The van der Waals surface area contributed by atoms with Gasteiger partial charge in [0, 0.05) is 21.1 Å². The SMILES string of the molecule is FC(F)(CCc1ccc(-c2cccs2)s1)CC(F)(F)C(F)(F)F. The summed E-state index contributed by atoms with van der Waals surface area (Å²) in [4.78, 5) is 2.30. The molecule has 0 amide bonds. The Balaban J connectivity index is 1.97. The topological polar surface area (TPSA) is 0 Å². The summed E-state index contributed by atoms with van der Waals surface area (Å²) in [7, 11) is 0. The number of halogens is 7. The summed E-state index contributed by atoms with van der Waals surface area (Å²) in [5, 5.41) is 1.85. The minimum Gasteiger partial charge on any atom is -0.207 e. The van der Waals surface area contributed by atoms with Gasteiger partial charge >= 0.3 is 12.1 Å². The number of hydrogen-bond donors (Lipinski definition) is 0. The van der Waals surface area contributed by atoms with Crippen LogP contribution in [0.25, 0.3) is 9.75 Å². The lowest BCUT2D eigenvalue weighted by molar-refractivity contribution is -0.300. The minimum atomic E-state index is -5.97. The van der Waals surface area contributed by atoms with E-state index in [1.165, 1.54) is 22.7 Å². The van der Waals surface area contributed by atoms with E-state index in [4.69, 9.17) is 0 Å². The molecular formula is C14H11F7S2. The van der Waals surface area contributed by atoms with Crippen molar-refractivity contribution in [1.82, 2.24) is 0 Å². The fourth-order valence-electron chi connectivity index (χ4n) is 1.88. The van der Waals surface area contributed by atoms with Gasteiger partial charge in [-0.3, -0.25) is 0 Å². The summed E-state index contributed by atoms with van der Waals surface area (Å²) in [6.45, 7) is 0. The number of hydrogen-bond acceptors (Lipinski definition) is 2. The van der Waals surface area contributed by atoms with Gasteiger partial charge in [0.1, 0.15) is 0 Å². The van der Waals surface area contributed by atoms with Crippen LogP contribution in [-0.2, 0) is 6.42 Å². The van der Waals surface area contributed by atoms with Crippen molar-refractivity contribution in [2.45, 2.75) is 37.3 Å². The maximum atomic E-state index is 13.4. The van der Waals surface area contributed by atoms with Crippen molar-refractivity contribution in [3.63, 3.8) is 0 Å². The highest BCUT2D eigenvalue weighted by Crippen LogP contribution is 2.44. The van der Waals surface area contributed by atoms with E-state index < -0.39 is 30.9 Å². The molecule has 0 spiro atoms. The molecule has 0 N–H and O–H groups in total. The van der Waals surface area contributed by atoms with Crippen molar-refractivity contribution < 1.29 is 30.7 Å². The van der Waals surface area contributed by atoms with Crippen molar-refractivity contribution in [2.75, 3.05) is 0 Å². The Bertz CT molecular complexity index is 626. The van der Waals surface area contributed by atoms with Crippen LogP contribution in [0, 0.1) is 0 Å². The smallest absolute Gasteiger partial charge is 0.207 e. The number of alkyl halides is 7. The second-order valence-electron chi connectivity index (χ2n) is 4.98. The van der Waals surface area contributed by atoms with Crippen molar-refractivity contribution >= 4 is 22.7 Å². The summed E-state index contributed by atoms with van der Waals surface area (Å²) in [6.07, 6.45) is -9.79. The van der Waals surface area contributed by atoms with Gasteiger partial charge in [-0.25, -0.2) is 8.78 Å². The van der Waals surface area contributed by atoms with Crippen LogP contribution in [0.2, 0.25) is 0 Å². The fraction of sp³-hybridized carbons (Fsp3) is 0.429. The van der Waals surface area contributed by atoms with Gasteiger partial charge in [0.2, 0.25) is 0 Å². The number of thiophene rings is 2. The molecule has 2 heterocycles. The van der Waals surface area contributed by atoms with Gasteiger partial charge in [-0.05, 0) is 30.0 Å².